The molecule has 24 heavy (non-hydrogen) atoms. The quantitative estimate of drug-likeness (QED) is 0.863. The van der Waals surface area contributed by atoms with Gasteiger partial charge in [-0.25, -0.2) is 14.6 Å². The fraction of sp³-hybridized carbons (Fsp3) is 0.529. The molecule has 1 saturated heterocycles. The highest BCUT2D eigenvalue weighted by Gasteiger charge is 2.29. The first-order valence-electron chi connectivity index (χ1n) is 8.01. The highest BCUT2D eigenvalue weighted by atomic mass is 16.6. The molecule has 0 aliphatic carbocycles. The maximum absolute atomic E-state index is 11.7. The minimum atomic E-state index is -0.500. The Hall–Kier alpha value is -2.28. The van der Waals surface area contributed by atoms with Crippen molar-refractivity contribution in [2.24, 2.45) is 5.92 Å². The van der Waals surface area contributed by atoms with Crippen molar-refractivity contribution in [3.63, 3.8) is 0 Å². The molecule has 2 rings (SSSR count). The predicted octanol–water partition coefficient (Wildman–Crippen LogP) is 2.28. The molecule has 1 aliphatic heterocycles. The number of ether oxygens (including phenoxy) is 2. The summed E-state index contributed by atoms with van der Waals surface area (Å²) in [5, 5.41) is 4.49. The summed E-state index contributed by atoms with van der Waals surface area (Å²) in [5.41, 5.74) is 3.11. The normalized spacial score (nSPS) is 15.3. The van der Waals surface area contributed by atoms with Gasteiger partial charge < -0.3 is 14.8 Å². The number of amides is 2. The Labute approximate surface area is 142 Å². The van der Waals surface area contributed by atoms with Gasteiger partial charge in [0.15, 0.2) is 0 Å². The fourth-order valence-corrected chi connectivity index (χ4v) is 2.22. The smallest absolute Gasteiger partial charge is 0.422 e. The molecule has 7 heteroatoms. The lowest BCUT2D eigenvalue weighted by Crippen LogP contribution is -2.58. The van der Waals surface area contributed by atoms with Crippen molar-refractivity contribution in [2.45, 2.75) is 33.0 Å². The second-order valence-electron chi connectivity index (χ2n) is 6.83. The van der Waals surface area contributed by atoms with E-state index in [-0.39, 0.29) is 12.5 Å². The topological polar surface area (TPSA) is 79.9 Å². The van der Waals surface area contributed by atoms with Crippen molar-refractivity contribution in [1.82, 2.24) is 15.8 Å². The van der Waals surface area contributed by atoms with Crippen LogP contribution in [0.25, 0.3) is 0 Å². The van der Waals surface area contributed by atoms with Crippen LogP contribution in [0.4, 0.5) is 9.59 Å². The third-order valence-corrected chi connectivity index (χ3v) is 3.35. The zero-order chi connectivity index (χ0) is 17.6. The first-order valence-corrected chi connectivity index (χ1v) is 8.01. The molecule has 1 fully saturated rings. The van der Waals surface area contributed by atoms with Crippen LogP contribution in [0.2, 0.25) is 0 Å². The van der Waals surface area contributed by atoms with Gasteiger partial charge in [-0.1, -0.05) is 30.3 Å². The number of alkyl carbamates (subject to hydrolysis) is 1. The van der Waals surface area contributed by atoms with Crippen LogP contribution in [-0.4, -0.2) is 42.4 Å². The Bertz CT molecular complexity index is 551. The van der Waals surface area contributed by atoms with E-state index in [4.69, 9.17) is 9.47 Å². The fourth-order valence-electron chi connectivity index (χ4n) is 2.22. The third-order valence-electron chi connectivity index (χ3n) is 3.35. The van der Waals surface area contributed by atoms with Gasteiger partial charge in [-0.15, -0.1) is 0 Å². The lowest BCUT2D eigenvalue weighted by molar-refractivity contribution is 0.0254. The second-order valence-corrected chi connectivity index (χ2v) is 6.83. The van der Waals surface area contributed by atoms with E-state index in [1.165, 1.54) is 0 Å². The number of nitrogens with zero attached hydrogens (tertiary/aromatic N) is 1. The molecular weight excluding hydrogens is 310 g/mol. The summed E-state index contributed by atoms with van der Waals surface area (Å²) in [6.07, 6.45) is -0.895. The summed E-state index contributed by atoms with van der Waals surface area (Å²) in [6.45, 7) is 7.55. The summed E-state index contributed by atoms with van der Waals surface area (Å²) < 4.78 is 10.3. The maximum Gasteiger partial charge on any atom is 0.422 e. The highest BCUT2D eigenvalue weighted by Crippen LogP contribution is 2.13. The molecule has 132 valence electrons. The van der Waals surface area contributed by atoms with E-state index in [0.29, 0.717) is 19.6 Å². The first-order chi connectivity index (χ1) is 11.3. The number of hydrogen-bond donors (Lipinski definition) is 2. The summed E-state index contributed by atoms with van der Waals surface area (Å²) >= 11 is 0. The molecule has 0 saturated carbocycles. The van der Waals surface area contributed by atoms with Crippen molar-refractivity contribution in [3.05, 3.63) is 35.9 Å². The van der Waals surface area contributed by atoms with Gasteiger partial charge in [-0.3, -0.25) is 5.43 Å². The molecule has 1 aromatic rings. The summed E-state index contributed by atoms with van der Waals surface area (Å²) in [5.74, 6) is 0.284. The second kappa shape index (κ2) is 8.01. The minimum absolute atomic E-state index is 0.240. The molecule has 1 heterocycles. The molecule has 2 N–H and O–H groups in total. The zero-order valence-corrected chi connectivity index (χ0v) is 14.4. The Morgan fingerprint density at radius 1 is 1.17 bits per heavy atom. The summed E-state index contributed by atoms with van der Waals surface area (Å²) in [6, 6.07) is 9.50. The van der Waals surface area contributed by atoms with Gasteiger partial charge in [-0.05, 0) is 26.3 Å². The number of benzene rings is 1. The van der Waals surface area contributed by atoms with Crippen LogP contribution >= 0.6 is 0 Å². The van der Waals surface area contributed by atoms with Crippen LogP contribution in [0.3, 0.4) is 0 Å². The van der Waals surface area contributed by atoms with Gasteiger partial charge >= 0.3 is 12.2 Å². The van der Waals surface area contributed by atoms with Gasteiger partial charge in [-0.2, -0.15) is 0 Å². The van der Waals surface area contributed by atoms with Crippen LogP contribution < -0.4 is 10.7 Å². The molecule has 0 spiro atoms. The lowest BCUT2D eigenvalue weighted by atomic mass is 10.0. The van der Waals surface area contributed by atoms with E-state index >= 15 is 0 Å². The molecule has 2 amide bonds. The summed E-state index contributed by atoms with van der Waals surface area (Å²) in [7, 11) is 0. The van der Waals surface area contributed by atoms with Gasteiger partial charge in [0.05, 0.1) is 0 Å². The van der Waals surface area contributed by atoms with Crippen molar-refractivity contribution in [1.29, 1.82) is 0 Å². The van der Waals surface area contributed by atoms with Crippen LogP contribution in [0.5, 0.6) is 0 Å². The van der Waals surface area contributed by atoms with E-state index in [1.807, 2.05) is 51.1 Å². The van der Waals surface area contributed by atoms with Crippen LogP contribution in [0.15, 0.2) is 30.3 Å². The number of hydrogen-bond acceptors (Lipinski definition) is 5. The molecular formula is C17H25N3O4. The number of carbonyl (C=O) groups excluding carboxylic acids is 2. The largest absolute Gasteiger partial charge is 0.444 e. The summed E-state index contributed by atoms with van der Waals surface area (Å²) in [4.78, 5) is 23.2. The van der Waals surface area contributed by atoms with Gasteiger partial charge in [0, 0.05) is 25.6 Å². The van der Waals surface area contributed by atoms with E-state index in [2.05, 4.69) is 10.7 Å². The number of carbonyl (C=O) groups is 2. The Morgan fingerprint density at radius 3 is 2.46 bits per heavy atom. The average molecular weight is 335 g/mol. The predicted molar refractivity (Wildman–Crippen MR) is 89.1 cm³/mol. The molecule has 1 aliphatic rings. The Kier molecular flexibility index (Phi) is 6.03. The van der Waals surface area contributed by atoms with Crippen LogP contribution in [-0.2, 0) is 16.1 Å². The molecule has 0 unspecified atom stereocenters. The Balaban J connectivity index is 1.56. The number of hydrazine groups is 1. The lowest BCUT2D eigenvalue weighted by Gasteiger charge is -2.38. The molecule has 0 radical (unpaired) electrons. The SMILES string of the molecule is CC(C)(C)OC(=O)NCC1CN(NC(=O)OCc2ccccc2)C1. The van der Waals surface area contributed by atoms with Gasteiger partial charge in [0.25, 0.3) is 0 Å². The standard InChI is InChI=1S/C17H25N3O4/c1-17(2,3)24-15(21)18-9-14-10-20(11-14)19-16(22)23-12-13-7-5-4-6-8-13/h4-8,14H,9-12H2,1-3H3,(H,18,21)(H,19,22). The average Bonchev–Trinajstić information content (AvgIpc) is 2.46. The maximum atomic E-state index is 11.7. The third kappa shape index (κ3) is 6.45. The van der Waals surface area contributed by atoms with Gasteiger partial charge in [0.1, 0.15) is 12.2 Å². The zero-order valence-electron chi connectivity index (χ0n) is 14.4. The van der Waals surface area contributed by atoms with Gasteiger partial charge in [0.2, 0.25) is 0 Å². The first kappa shape index (κ1) is 18.1. The molecule has 0 atom stereocenters. The molecule has 1 aromatic carbocycles. The minimum Gasteiger partial charge on any atom is -0.444 e. The van der Waals surface area contributed by atoms with Crippen molar-refractivity contribution < 1.29 is 19.1 Å². The van der Waals surface area contributed by atoms with Crippen molar-refractivity contribution >= 4 is 12.2 Å². The van der Waals surface area contributed by atoms with E-state index in [1.54, 1.807) is 5.01 Å². The molecule has 0 aromatic heterocycles. The van der Waals surface area contributed by atoms with E-state index < -0.39 is 17.8 Å². The monoisotopic (exact) mass is 335 g/mol. The van der Waals surface area contributed by atoms with Crippen LogP contribution in [0, 0.1) is 5.92 Å². The number of rotatable bonds is 5. The van der Waals surface area contributed by atoms with Crippen LogP contribution in [0.1, 0.15) is 26.3 Å². The van der Waals surface area contributed by atoms with Crippen molar-refractivity contribution in [3.8, 4) is 0 Å². The highest BCUT2D eigenvalue weighted by molar-refractivity contribution is 5.67. The van der Waals surface area contributed by atoms with Crippen molar-refractivity contribution in [2.75, 3.05) is 19.6 Å². The molecule has 7 nitrogen and oxygen atoms in total. The number of nitrogens with one attached hydrogen (secondary N) is 2. The Morgan fingerprint density at radius 2 is 1.83 bits per heavy atom. The van der Waals surface area contributed by atoms with E-state index in [0.717, 1.165) is 5.56 Å². The van der Waals surface area contributed by atoms with E-state index in [9.17, 15) is 9.59 Å². The molecule has 0 bridgehead atoms.